The molecule has 0 spiro atoms. The number of ether oxygens (including phenoxy) is 1. The second-order valence-corrected chi connectivity index (χ2v) is 7.65. The van der Waals surface area contributed by atoms with Gasteiger partial charge in [0.2, 0.25) is 10.0 Å². The highest BCUT2D eigenvalue weighted by atomic mass is 32.2. The summed E-state index contributed by atoms with van der Waals surface area (Å²) in [5, 5.41) is 2.66. The number of carbonyl (C=O) groups is 1. The number of rotatable bonds is 5. The van der Waals surface area contributed by atoms with Gasteiger partial charge in [-0.05, 0) is 12.1 Å². The van der Waals surface area contributed by atoms with Crippen LogP contribution < -0.4 is 5.32 Å². The van der Waals surface area contributed by atoms with Gasteiger partial charge in [0.05, 0.1) is 30.6 Å². The van der Waals surface area contributed by atoms with E-state index in [1.54, 1.807) is 6.07 Å². The summed E-state index contributed by atoms with van der Waals surface area (Å²) in [6.07, 6.45) is 0. The third-order valence-electron chi connectivity index (χ3n) is 3.61. The van der Waals surface area contributed by atoms with Crippen LogP contribution in [0.5, 0.6) is 0 Å². The lowest BCUT2D eigenvalue weighted by Crippen LogP contribution is -2.43. The average Bonchev–Trinajstić information content (AvgIpc) is 2.85. The minimum atomic E-state index is -3.40. The Morgan fingerprint density at radius 3 is 2.68 bits per heavy atom. The molecule has 0 bridgehead atoms. The molecule has 1 aliphatic heterocycles. The molecular formula is C14H19FN2O4S. The number of nitrogens with zero attached hydrogens (tertiary/aromatic N) is 1. The van der Waals surface area contributed by atoms with Crippen molar-refractivity contribution in [2.24, 2.45) is 5.92 Å². The Morgan fingerprint density at radius 1 is 1.36 bits per heavy atom. The number of nitrogens with one attached hydrogen (secondary N) is 1. The standard InChI is InChI=1S/C14H19FN2O4S/c1-17(2)22(19,20)9-10-7-21-8-13(10)16-14(18)11-5-3-4-6-12(11)15/h3-6,10,13H,7-9H2,1-2H3,(H,16,18)/t10-,13+/m0/s1. The van der Waals surface area contributed by atoms with Crippen molar-refractivity contribution < 1.29 is 22.3 Å². The molecule has 0 aliphatic carbocycles. The van der Waals surface area contributed by atoms with Crippen LogP contribution in [0.15, 0.2) is 24.3 Å². The van der Waals surface area contributed by atoms with Crippen LogP contribution in [0.4, 0.5) is 4.39 Å². The first-order valence-corrected chi connectivity index (χ1v) is 8.45. The summed E-state index contributed by atoms with van der Waals surface area (Å²) >= 11 is 0. The quantitative estimate of drug-likeness (QED) is 0.851. The minimum Gasteiger partial charge on any atom is -0.379 e. The Kier molecular flexibility index (Phi) is 5.15. The number of hydrogen-bond donors (Lipinski definition) is 1. The van der Waals surface area contributed by atoms with Gasteiger partial charge in [-0.1, -0.05) is 12.1 Å². The zero-order valence-corrected chi connectivity index (χ0v) is 13.3. The van der Waals surface area contributed by atoms with Crippen LogP contribution in [0, 0.1) is 11.7 Å². The highest BCUT2D eigenvalue weighted by Crippen LogP contribution is 2.18. The topological polar surface area (TPSA) is 75.7 Å². The van der Waals surface area contributed by atoms with Crippen LogP contribution in [0.2, 0.25) is 0 Å². The summed E-state index contributed by atoms with van der Waals surface area (Å²) in [5.74, 6) is -1.66. The molecule has 6 nitrogen and oxygen atoms in total. The fourth-order valence-electron chi connectivity index (χ4n) is 2.23. The van der Waals surface area contributed by atoms with Gasteiger partial charge in [0.15, 0.2) is 0 Å². The third-order valence-corrected chi connectivity index (χ3v) is 5.58. The molecule has 8 heteroatoms. The van der Waals surface area contributed by atoms with Crippen LogP contribution >= 0.6 is 0 Å². The SMILES string of the molecule is CN(C)S(=O)(=O)C[C@@H]1COC[C@H]1NC(=O)c1ccccc1F. The number of carbonyl (C=O) groups excluding carboxylic acids is 1. The van der Waals surface area contributed by atoms with E-state index in [2.05, 4.69) is 5.32 Å². The van der Waals surface area contributed by atoms with E-state index in [9.17, 15) is 17.6 Å². The Hall–Kier alpha value is -1.51. The summed E-state index contributed by atoms with van der Waals surface area (Å²) < 4.78 is 43.9. The highest BCUT2D eigenvalue weighted by Gasteiger charge is 2.34. The van der Waals surface area contributed by atoms with E-state index in [1.807, 2.05) is 0 Å². The van der Waals surface area contributed by atoms with Crippen molar-refractivity contribution in [2.75, 3.05) is 33.1 Å². The fourth-order valence-corrected chi connectivity index (χ4v) is 3.40. The van der Waals surface area contributed by atoms with Gasteiger partial charge in [0, 0.05) is 20.0 Å². The number of benzene rings is 1. The van der Waals surface area contributed by atoms with E-state index in [1.165, 1.54) is 32.3 Å². The second kappa shape index (κ2) is 6.72. The van der Waals surface area contributed by atoms with E-state index < -0.39 is 27.8 Å². The molecule has 1 heterocycles. The van der Waals surface area contributed by atoms with Crippen molar-refractivity contribution in [1.29, 1.82) is 0 Å². The lowest BCUT2D eigenvalue weighted by atomic mass is 10.1. The molecule has 0 unspecified atom stereocenters. The highest BCUT2D eigenvalue weighted by molar-refractivity contribution is 7.89. The molecule has 1 amide bonds. The smallest absolute Gasteiger partial charge is 0.254 e. The molecule has 1 N–H and O–H groups in total. The Bertz CT molecular complexity index is 648. The first-order chi connectivity index (χ1) is 10.3. The van der Waals surface area contributed by atoms with Gasteiger partial charge in [-0.25, -0.2) is 17.1 Å². The molecule has 1 aliphatic rings. The Balaban J connectivity index is 2.06. The first kappa shape index (κ1) is 16.9. The summed E-state index contributed by atoms with van der Waals surface area (Å²) in [4.78, 5) is 12.1. The Morgan fingerprint density at radius 2 is 2.05 bits per heavy atom. The summed E-state index contributed by atoms with van der Waals surface area (Å²) in [6, 6.07) is 5.19. The largest absolute Gasteiger partial charge is 0.379 e. The summed E-state index contributed by atoms with van der Waals surface area (Å²) in [6.45, 7) is 0.461. The van der Waals surface area contributed by atoms with Gasteiger partial charge < -0.3 is 10.1 Å². The molecule has 1 aromatic rings. The van der Waals surface area contributed by atoms with Crippen molar-refractivity contribution in [3.05, 3.63) is 35.6 Å². The maximum Gasteiger partial charge on any atom is 0.254 e. The molecule has 2 atom stereocenters. The predicted octanol–water partition coefficient (Wildman–Crippen LogP) is 0.462. The van der Waals surface area contributed by atoms with Gasteiger partial charge in [-0.3, -0.25) is 4.79 Å². The molecule has 1 saturated heterocycles. The zero-order valence-electron chi connectivity index (χ0n) is 12.5. The molecule has 22 heavy (non-hydrogen) atoms. The van der Waals surface area contributed by atoms with Crippen LogP contribution in [0.1, 0.15) is 10.4 Å². The lowest BCUT2D eigenvalue weighted by molar-refractivity contribution is 0.0922. The van der Waals surface area contributed by atoms with Gasteiger partial charge >= 0.3 is 0 Å². The van der Waals surface area contributed by atoms with Gasteiger partial charge in [-0.2, -0.15) is 0 Å². The van der Waals surface area contributed by atoms with Crippen LogP contribution in [0.3, 0.4) is 0 Å². The molecule has 122 valence electrons. The second-order valence-electron chi connectivity index (χ2n) is 5.42. The maximum absolute atomic E-state index is 13.6. The van der Waals surface area contributed by atoms with Crippen LogP contribution in [-0.2, 0) is 14.8 Å². The number of amides is 1. The summed E-state index contributed by atoms with van der Waals surface area (Å²) in [7, 11) is -0.482. The molecular weight excluding hydrogens is 311 g/mol. The van der Waals surface area contributed by atoms with Crippen molar-refractivity contribution in [1.82, 2.24) is 9.62 Å². The minimum absolute atomic E-state index is 0.0661. The fraction of sp³-hybridized carbons (Fsp3) is 0.500. The normalized spacial score (nSPS) is 22.0. The van der Waals surface area contributed by atoms with Crippen molar-refractivity contribution in [3.8, 4) is 0 Å². The molecule has 1 fully saturated rings. The number of sulfonamides is 1. The van der Waals surface area contributed by atoms with Crippen LogP contribution in [0.25, 0.3) is 0 Å². The van der Waals surface area contributed by atoms with E-state index in [-0.39, 0.29) is 30.4 Å². The average molecular weight is 330 g/mol. The van der Waals surface area contributed by atoms with Crippen molar-refractivity contribution in [3.63, 3.8) is 0 Å². The molecule has 2 rings (SSSR count). The monoisotopic (exact) mass is 330 g/mol. The summed E-state index contributed by atoms with van der Waals surface area (Å²) in [5.41, 5.74) is -0.0661. The van der Waals surface area contributed by atoms with E-state index in [0.29, 0.717) is 0 Å². The molecule has 0 radical (unpaired) electrons. The van der Waals surface area contributed by atoms with Gasteiger partial charge in [0.25, 0.3) is 5.91 Å². The van der Waals surface area contributed by atoms with Crippen molar-refractivity contribution >= 4 is 15.9 Å². The maximum atomic E-state index is 13.6. The van der Waals surface area contributed by atoms with Gasteiger partial charge in [-0.15, -0.1) is 0 Å². The van der Waals surface area contributed by atoms with Crippen LogP contribution in [-0.4, -0.2) is 57.7 Å². The van der Waals surface area contributed by atoms with E-state index in [4.69, 9.17) is 4.74 Å². The van der Waals surface area contributed by atoms with Gasteiger partial charge in [0.1, 0.15) is 5.82 Å². The molecule has 0 saturated carbocycles. The first-order valence-electron chi connectivity index (χ1n) is 6.84. The van der Waals surface area contributed by atoms with E-state index >= 15 is 0 Å². The number of halogens is 1. The Labute approximate surface area is 129 Å². The predicted molar refractivity (Wildman–Crippen MR) is 79.4 cm³/mol. The van der Waals surface area contributed by atoms with Crippen molar-refractivity contribution in [2.45, 2.75) is 6.04 Å². The lowest BCUT2D eigenvalue weighted by Gasteiger charge is -2.21. The third kappa shape index (κ3) is 3.82. The zero-order chi connectivity index (χ0) is 16.3. The number of hydrogen-bond acceptors (Lipinski definition) is 4. The van der Waals surface area contributed by atoms with E-state index in [0.717, 1.165) is 4.31 Å². The molecule has 0 aromatic heterocycles. The molecule has 1 aromatic carbocycles.